The lowest BCUT2D eigenvalue weighted by Gasteiger charge is -2.31. The number of carbonyl (C=O) groups is 1. The normalized spacial score (nSPS) is 20.9. The highest BCUT2D eigenvalue weighted by atomic mass is 19.3. The fourth-order valence-electron chi connectivity index (χ4n) is 2.09. The van der Waals surface area contributed by atoms with Crippen LogP contribution < -0.4 is 0 Å². The zero-order valence-electron chi connectivity index (χ0n) is 10.2. The van der Waals surface area contributed by atoms with Gasteiger partial charge in [-0.05, 0) is 0 Å². The number of aromatic nitrogens is 2. The number of ether oxygens (including phenoxy) is 1. The Morgan fingerprint density at radius 1 is 1.63 bits per heavy atom. The third kappa shape index (κ3) is 3.71. The van der Waals surface area contributed by atoms with Crippen LogP contribution in [0.3, 0.4) is 0 Å². The van der Waals surface area contributed by atoms with Crippen LogP contribution in [-0.4, -0.2) is 51.3 Å². The molecule has 1 aromatic heterocycles. The van der Waals surface area contributed by atoms with E-state index in [0.717, 1.165) is 4.57 Å². The lowest BCUT2D eigenvalue weighted by atomic mass is 10.2. The number of halogens is 2. The SMILES string of the molecule is O=C(O)CC1CN(Cc2nccn2C(F)F)CCO1. The van der Waals surface area contributed by atoms with Crippen molar-refractivity contribution < 1.29 is 23.4 Å². The van der Waals surface area contributed by atoms with Crippen LogP contribution in [0, 0.1) is 0 Å². The number of rotatable bonds is 5. The van der Waals surface area contributed by atoms with Crippen LogP contribution in [0.1, 0.15) is 18.8 Å². The van der Waals surface area contributed by atoms with E-state index in [4.69, 9.17) is 9.84 Å². The number of alkyl halides is 2. The summed E-state index contributed by atoms with van der Waals surface area (Å²) < 4.78 is 31.5. The van der Waals surface area contributed by atoms with E-state index in [2.05, 4.69) is 4.98 Å². The summed E-state index contributed by atoms with van der Waals surface area (Å²) >= 11 is 0. The zero-order valence-corrected chi connectivity index (χ0v) is 10.2. The Kier molecular flexibility index (Phi) is 4.43. The predicted octanol–water partition coefficient (Wildman–Crippen LogP) is 0.954. The highest BCUT2D eigenvalue weighted by Gasteiger charge is 2.24. The quantitative estimate of drug-likeness (QED) is 0.866. The molecule has 1 atom stereocenters. The summed E-state index contributed by atoms with van der Waals surface area (Å²) in [4.78, 5) is 16.4. The summed E-state index contributed by atoms with van der Waals surface area (Å²) in [6.45, 7) is -0.980. The summed E-state index contributed by atoms with van der Waals surface area (Å²) in [5, 5.41) is 8.71. The van der Waals surface area contributed by atoms with Gasteiger partial charge in [0.05, 0.1) is 25.7 Å². The first-order valence-corrected chi connectivity index (χ1v) is 5.92. The number of imidazole rings is 1. The summed E-state index contributed by atoms with van der Waals surface area (Å²) in [5.74, 6) is -0.660. The summed E-state index contributed by atoms with van der Waals surface area (Å²) in [6, 6.07) is 0. The lowest BCUT2D eigenvalue weighted by molar-refractivity contribution is -0.142. The van der Waals surface area contributed by atoms with E-state index in [-0.39, 0.29) is 18.8 Å². The third-order valence-corrected chi connectivity index (χ3v) is 2.95. The van der Waals surface area contributed by atoms with Gasteiger partial charge in [-0.3, -0.25) is 14.3 Å². The number of morpholine rings is 1. The Morgan fingerprint density at radius 3 is 3.11 bits per heavy atom. The van der Waals surface area contributed by atoms with Crippen molar-refractivity contribution in [1.29, 1.82) is 0 Å². The minimum atomic E-state index is -2.62. The van der Waals surface area contributed by atoms with Gasteiger partial charge >= 0.3 is 12.5 Å². The topological polar surface area (TPSA) is 67.6 Å². The Labute approximate surface area is 108 Å². The van der Waals surface area contributed by atoms with Crippen LogP contribution in [0.15, 0.2) is 12.4 Å². The van der Waals surface area contributed by atoms with Crippen molar-refractivity contribution in [1.82, 2.24) is 14.5 Å². The van der Waals surface area contributed by atoms with E-state index in [1.165, 1.54) is 12.4 Å². The van der Waals surface area contributed by atoms with Gasteiger partial charge in [0.25, 0.3) is 0 Å². The molecule has 0 amide bonds. The van der Waals surface area contributed by atoms with Crippen LogP contribution in [-0.2, 0) is 16.1 Å². The average molecular weight is 275 g/mol. The highest BCUT2D eigenvalue weighted by Crippen LogP contribution is 2.16. The van der Waals surface area contributed by atoms with Crippen LogP contribution in [0.2, 0.25) is 0 Å². The van der Waals surface area contributed by atoms with Gasteiger partial charge in [-0.1, -0.05) is 0 Å². The largest absolute Gasteiger partial charge is 0.481 e. The fraction of sp³-hybridized carbons (Fsp3) is 0.636. The molecule has 1 aromatic rings. The molecule has 0 aliphatic carbocycles. The van der Waals surface area contributed by atoms with E-state index >= 15 is 0 Å². The molecule has 0 saturated carbocycles. The first kappa shape index (κ1) is 13.9. The molecule has 1 aliphatic rings. The summed E-state index contributed by atoms with van der Waals surface area (Å²) in [6.07, 6.45) is 2.08. The molecule has 1 fully saturated rings. The predicted molar refractivity (Wildman–Crippen MR) is 60.7 cm³/mol. The molecule has 1 saturated heterocycles. The van der Waals surface area contributed by atoms with Crippen molar-refractivity contribution in [2.45, 2.75) is 25.6 Å². The van der Waals surface area contributed by atoms with Gasteiger partial charge in [0.2, 0.25) is 0 Å². The minimum Gasteiger partial charge on any atom is -0.481 e. The first-order chi connectivity index (χ1) is 9.06. The second-order valence-electron chi connectivity index (χ2n) is 4.35. The van der Waals surface area contributed by atoms with Crippen LogP contribution >= 0.6 is 0 Å². The second kappa shape index (κ2) is 6.07. The van der Waals surface area contributed by atoms with Crippen molar-refractivity contribution in [3.8, 4) is 0 Å². The van der Waals surface area contributed by atoms with Gasteiger partial charge < -0.3 is 9.84 Å². The maximum absolute atomic E-state index is 12.7. The van der Waals surface area contributed by atoms with Crippen molar-refractivity contribution in [2.75, 3.05) is 19.7 Å². The standard InChI is InChI=1S/C11H15F2N3O3/c12-11(13)16-2-1-14-9(16)7-15-3-4-19-8(6-15)5-10(17)18/h1-2,8,11H,3-7H2,(H,17,18). The van der Waals surface area contributed by atoms with E-state index in [1.54, 1.807) is 0 Å². The fourth-order valence-corrected chi connectivity index (χ4v) is 2.09. The summed E-state index contributed by atoms with van der Waals surface area (Å²) in [5.41, 5.74) is 0. The van der Waals surface area contributed by atoms with Crippen LogP contribution in [0.4, 0.5) is 8.78 Å². The smallest absolute Gasteiger partial charge is 0.319 e. The molecule has 1 unspecified atom stereocenters. The summed E-state index contributed by atoms with van der Waals surface area (Å²) in [7, 11) is 0. The van der Waals surface area contributed by atoms with Gasteiger partial charge in [0, 0.05) is 25.5 Å². The number of carboxylic acid groups (broad SMARTS) is 1. The van der Waals surface area contributed by atoms with Crippen LogP contribution in [0.25, 0.3) is 0 Å². The monoisotopic (exact) mass is 275 g/mol. The molecule has 1 N–H and O–H groups in total. The first-order valence-electron chi connectivity index (χ1n) is 5.92. The van der Waals surface area contributed by atoms with Gasteiger partial charge in [-0.25, -0.2) is 4.98 Å². The molecule has 6 nitrogen and oxygen atoms in total. The van der Waals surface area contributed by atoms with Crippen molar-refractivity contribution >= 4 is 5.97 Å². The van der Waals surface area contributed by atoms with Gasteiger partial charge in [0.15, 0.2) is 0 Å². The van der Waals surface area contributed by atoms with Gasteiger partial charge in [-0.2, -0.15) is 8.78 Å². The lowest BCUT2D eigenvalue weighted by Crippen LogP contribution is -2.43. The Bertz CT molecular complexity index is 439. The number of aliphatic carboxylic acids is 1. The molecule has 106 valence electrons. The second-order valence-corrected chi connectivity index (χ2v) is 4.35. The molecule has 0 bridgehead atoms. The molecular weight excluding hydrogens is 260 g/mol. The average Bonchev–Trinajstić information content (AvgIpc) is 2.76. The maximum atomic E-state index is 12.7. The Hall–Kier alpha value is -1.54. The Balaban J connectivity index is 1.95. The molecule has 2 heterocycles. The van der Waals surface area contributed by atoms with E-state index < -0.39 is 18.6 Å². The molecule has 19 heavy (non-hydrogen) atoms. The number of carboxylic acids is 1. The number of nitrogens with zero attached hydrogens (tertiary/aromatic N) is 3. The highest BCUT2D eigenvalue weighted by molar-refractivity contribution is 5.67. The van der Waals surface area contributed by atoms with Crippen molar-refractivity contribution in [2.24, 2.45) is 0 Å². The molecule has 8 heteroatoms. The van der Waals surface area contributed by atoms with Gasteiger partial charge in [0.1, 0.15) is 5.82 Å². The molecule has 1 aliphatic heterocycles. The molecule has 0 spiro atoms. The molecular formula is C11H15F2N3O3. The molecule has 0 aromatic carbocycles. The third-order valence-electron chi connectivity index (χ3n) is 2.95. The van der Waals surface area contributed by atoms with E-state index in [1.807, 2.05) is 4.90 Å². The number of hydrogen-bond donors (Lipinski definition) is 1. The molecule has 2 rings (SSSR count). The van der Waals surface area contributed by atoms with Crippen molar-refractivity contribution in [3.05, 3.63) is 18.2 Å². The number of hydrogen-bond acceptors (Lipinski definition) is 4. The minimum absolute atomic E-state index is 0.0835. The Morgan fingerprint density at radius 2 is 2.42 bits per heavy atom. The van der Waals surface area contributed by atoms with Crippen LogP contribution in [0.5, 0.6) is 0 Å². The zero-order chi connectivity index (χ0) is 13.8. The maximum Gasteiger partial charge on any atom is 0.319 e. The van der Waals surface area contributed by atoms with Gasteiger partial charge in [-0.15, -0.1) is 0 Å². The van der Waals surface area contributed by atoms with E-state index in [9.17, 15) is 13.6 Å². The molecule has 0 radical (unpaired) electrons. The van der Waals surface area contributed by atoms with Crippen molar-refractivity contribution in [3.63, 3.8) is 0 Å². The van der Waals surface area contributed by atoms with E-state index in [0.29, 0.717) is 19.7 Å².